The third-order valence-corrected chi connectivity index (χ3v) is 3.97. The summed E-state index contributed by atoms with van der Waals surface area (Å²) in [6.45, 7) is 2.23. The van der Waals surface area contributed by atoms with Gasteiger partial charge in [-0.05, 0) is 42.3 Å². The van der Waals surface area contributed by atoms with Crippen LogP contribution in [0.25, 0.3) is 22.4 Å². The third-order valence-electron chi connectivity index (χ3n) is 3.97. The predicted molar refractivity (Wildman–Crippen MR) is 97.9 cm³/mol. The molecule has 0 bridgehead atoms. The minimum absolute atomic E-state index is 0.425. The quantitative estimate of drug-likeness (QED) is 0.746. The molecule has 3 rings (SSSR count). The lowest BCUT2D eigenvalue weighted by Gasteiger charge is -2.10. The highest BCUT2D eigenvalue weighted by Crippen LogP contribution is 2.33. The summed E-state index contributed by atoms with van der Waals surface area (Å²) in [4.78, 5) is 0. The van der Waals surface area contributed by atoms with Crippen molar-refractivity contribution >= 4 is 0 Å². The van der Waals surface area contributed by atoms with E-state index in [1.165, 1.54) is 0 Å². The number of aliphatic hydroxyl groups excluding tert-OH is 1. The van der Waals surface area contributed by atoms with Crippen LogP contribution in [0.2, 0.25) is 0 Å². The van der Waals surface area contributed by atoms with Gasteiger partial charge < -0.3 is 14.6 Å². The second-order valence-electron chi connectivity index (χ2n) is 5.92. The van der Waals surface area contributed by atoms with Gasteiger partial charge in [-0.3, -0.25) is 4.68 Å². The van der Waals surface area contributed by atoms with E-state index in [1.54, 1.807) is 25.8 Å². The van der Waals surface area contributed by atoms with E-state index in [9.17, 15) is 5.11 Å². The van der Waals surface area contributed by atoms with Crippen LogP contribution in [0.4, 0.5) is 0 Å². The SMILES string of the molecule is COc1ccc(-c2cccc(-c3ccn(C[C@@H](C)O)n3)c2)cc1OC. The Labute approximate surface area is 147 Å². The first-order chi connectivity index (χ1) is 12.1. The summed E-state index contributed by atoms with van der Waals surface area (Å²) in [6.07, 6.45) is 1.45. The molecule has 5 nitrogen and oxygen atoms in total. The second-order valence-corrected chi connectivity index (χ2v) is 5.92. The monoisotopic (exact) mass is 338 g/mol. The third kappa shape index (κ3) is 3.83. The van der Waals surface area contributed by atoms with E-state index in [0.29, 0.717) is 18.0 Å². The smallest absolute Gasteiger partial charge is 0.161 e. The average molecular weight is 338 g/mol. The number of hydrogen-bond donors (Lipinski definition) is 1. The number of nitrogens with zero attached hydrogens (tertiary/aromatic N) is 2. The van der Waals surface area contributed by atoms with Gasteiger partial charge in [-0.2, -0.15) is 5.10 Å². The predicted octanol–water partition coefficient (Wildman–Crippen LogP) is 3.62. The van der Waals surface area contributed by atoms with E-state index in [1.807, 2.05) is 42.6 Å². The largest absolute Gasteiger partial charge is 0.493 e. The van der Waals surface area contributed by atoms with E-state index in [0.717, 1.165) is 22.4 Å². The number of methoxy groups -OCH3 is 2. The van der Waals surface area contributed by atoms with Crippen molar-refractivity contribution in [3.8, 4) is 33.9 Å². The molecule has 1 aromatic heterocycles. The van der Waals surface area contributed by atoms with Gasteiger partial charge in [-0.1, -0.05) is 24.3 Å². The van der Waals surface area contributed by atoms with Crippen molar-refractivity contribution in [2.45, 2.75) is 19.6 Å². The highest BCUT2D eigenvalue weighted by atomic mass is 16.5. The molecular weight excluding hydrogens is 316 g/mol. The fraction of sp³-hybridized carbons (Fsp3) is 0.250. The lowest BCUT2D eigenvalue weighted by atomic mass is 10.0. The van der Waals surface area contributed by atoms with Crippen LogP contribution in [0, 0.1) is 0 Å². The molecule has 0 aliphatic rings. The summed E-state index contributed by atoms with van der Waals surface area (Å²) in [5, 5.41) is 14.0. The second kappa shape index (κ2) is 7.40. The molecule has 130 valence electrons. The number of aromatic nitrogens is 2. The maximum atomic E-state index is 9.49. The van der Waals surface area contributed by atoms with Crippen molar-refractivity contribution in [1.82, 2.24) is 9.78 Å². The van der Waals surface area contributed by atoms with Gasteiger partial charge in [0.25, 0.3) is 0 Å². The number of ether oxygens (including phenoxy) is 2. The van der Waals surface area contributed by atoms with Crippen LogP contribution < -0.4 is 9.47 Å². The lowest BCUT2D eigenvalue weighted by molar-refractivity contribution is 0.168. The van der Waals surface area contributed by atoms with E-state index < -0.39 is 6.10 Å². The van der Waals surface area contributed by atoms with Crippen molar-refractivity contribution in [2.24, 2.45) is 0 Å². The summed E-state index contributed by atoms with van der Waals surface area (Å²) in [7, 11) is 3.26. The normalized spacial score (nSPS) is 12.0. The van der Waals surface area contributed by atoms with Crippen molar-refractivity contribution < 1.29 is 14.6 Å². The fourth-order valence-corrected chi connectivity index (χ4v) is 2.76. The van der Waals surface area contributed by atoms with Crippen molar-refractivity contribution in [1.29, 1.82) is 0 Å². The minimum Gasteiger partial charge on any atom is -0.493 e. The van der Waals surface area contributed by atoms with Crippen LogP contribution in [0.15, 0.2) is 54.7 Å². The molecule has 0 aliphatic heterocycles. The molecule has 25 heavy (non-hydrogen) atoms. The van der Waals surface area contributed by atoms with Gasteiger partial charge >= 0.3 is 0 Å². The molecule has 1 N–H and O–H groups in total. The van der Waals surface area contributed by atoms with Gasteiger partial charge in [0.15, 0.2) is 11.5 Å². The lowest BCUT2D eigenvalue weighted by Crippen LogP contribution is -2.11. The van der Waals surface area contributed by atoms with E-state index in [4.69, 9.17) is 9.47 Å². The molecule has 0 saturated carbocycles. The van der Waals surface area contributed by atoms with Crippen LogP contribution in [0.1, 0.15) is 6.92 Å². The maximum Gasteiger partial charge on any atom is 0.161 e. The highest BCUT2D eigenvalue weighted by Gasteiger charge is 2.09. The average Bonchev–Trinajstić information content (AvgIpc) is 3.09. The Bertz CT molecular complexity index is 856. The van der Waals surface area contributed by atoms with Crippen LogP contribution in [0.3, 0.4) is 0 Å². The molecule has 1 heterocycles. The molecule has 5 heteroatoms. The van der Waals surface area contributed by atoms with Gasteiger partial charge in [0.2, 0.25) is 0 Å². The van der Waals surface area contributed by atoms with Gasteiger partial charge in [0.05, 0.1) is 32.6 Å². The minimum atomic E-state index is -0.425. The first-order valence-electron chi connectivity index (χ1n) is 8.15. The van der Waals surface area contributed by atoms with Crippen molar-refractivity contribution in [3.63, 3.8) is 0 Å². The molecule has 3 aromatic rings. The van der Waals surface area contributed by atoms with E-state index in [-0.39, 0.29) is 0 Å². The molecule has 1 atom stereocenters. The standard InChI is InChI=1S/C20H22N2O3/c1-14(23)13-22-10-9-18(21-22)17-6-4-5-15(11-17)16-7-8-19(24-2)20(12-16)25-3/h4-12,14,23H,13H2,1-3H3/t14-/m1/s1. The van der Waals surface area contributed by atoms with E-state index >= 15 is 0 Å². The van der Waals surface area contributed by atoms with Crippen LogP contribution in [0.5, 0.6) is 11.5 Å². The van der Waals surface area contributed by atoms with Gasteiger partial charge in [0.1, 0.15) is 0 Å². The van der Waals surface area contributed by atoms with Crippen LogP contribution >= 0.6 is 0 Å². The zero-order valence-electron chi connectivity index (χ0n) is 14.6. The Kier molecular flexibility index (Phi) is 5.05. The zero-order chi connectivity index (χ0) is 17.8. The summed E-state index contributed by atoms with van der Waals surface area (Å²) in [5.41, 5.74) is 4.02. The first kappa shape index (κ1) is 17.0. The molecule has 0 radical (unpaired) electrons. The maximum absolute atomic E-state index is 9.49. The summed E-state index contributed by atoms with van der Waals surface area (Å²) >= 11 is 0. The molecule has 2 aromatic carbocycles. The molecule has 0 spiro atoms. The van der Waals surface area contributed by atoms with Crippen LogP contribution in [-0.2, 0) is 6.54 Å². The Morgan fingerprint density at radius 2 is 1.68 bits per heavy atom. The summed E-state index contributed by atoms with van der Waals surface area (Å²) < 4.78 is 12.4. The van der Waals surface area contributed by atoms with Crippen LogP contribution in [-0.4, -0.2) is 35.2 Å². The first-order valence-corrected chi connectivity index (χ1v) is 8.15. The molecule has 0 fully saturated rings. The number of aliphatic hydroxyl groups is 1. The molecule has 0 aliphatic carbocycles. The Morgan fingerprint density at radius 3 is 2.40 bits per heavy atom. The number of rotatable bonds is 6. The molecule has 0 amide bonds. The van der Waals surface area contributed by atoms with Gasteiger partial charge in [-0.15, -0.1) is 0 Å². The Balaban J connectivity index is 1.93. The summed E-state index contributed by atoms with van der Waals surface area (Å²) in [6, 6.07) is 16.0. The number of benzene rings is 2. The van der Waals surface area contributed by atoms with Gasteiger partial charge in [-0.25, -0.2) is 0 Å². The number of hydrogen-bond acceptors (Lipinski definition) is 4. The van der Waals surface area contributed by atoms with Crippen molar-refractivity contribution in [3.05, 3.63) is 54.7 Å². The summed E-state index contributed by atoms with van der Waals surface area (Å²) in [5.74, 6) is 1.41. The molecule has 0 saturated heterocycles. The molecular formula is C20H22N2O3. The van der Waals surface area contributed by atoms with Gasteiger partial charge in [0, 0.05) is 11.8 Å². The fourth-order valence-electron chi connectivity index (χ4n) is 2.76. The van der Waals surface area contributed by atoms with E-state index in [2.05, 4.69) is 17.2 Å². The molecule has 0 unspecified atom stereocenters. The Morgan fingerprint density at radius 1 is 0.960 bits per heavy atom. The topological polar surface area (TPSA) is 56.5 Å². The zero-order valence-corrected chi connectivity index (χ0v) is 14.6. The van der Waals surface area contributed by atoms with Crippen molar-refractivity contribution in [2.75, 3.05) is 14.2 Å². The highest BCUT2D eigenvalue weighted by molar-refractivity contribution is 5.73. The Hall–Kier alpha value is -2.79.